The number of rotatable bonds is 14. The highest BCUT2D eigenvalue weighted by Gasteiger charge is 2.57. The molecule has 0 unspecified atom stereocenters. The molecule has 0 aromatic heterocycles. The summed E-state index contributed by atoms with van der Waals surface area (Å²) < 4.78 is 0. The molecule has 0 radical (unpaired) electrons. The van der Waals surface area contributed by atoms with Gasteiger partial charge in [0, 0.05) is 31.6 Å². The van der Waals surface area contributed by atoms with Gasteiger partial charge in [-0.25, -0.2) is 0 Å². The molecule has 0 spiro atoms. The predicted octanol–water partition coefficient (Wildman–Crippen LogP) is 3.76. The van der Waals surface area contributed by atoms with Gasteiger partial charge in [-0.15, -0.1) is 0 Å². The van der Waals surface area contributed by atoms with Crippen molar-refractivity contribution in [2.24, 2.45) is 35.0 Å². The lowest BCUT2D eigenvalue weighted by molar-refractivity contribution is -0.183. The Labute approximate surface area is 254 Å². The first kappa shape index (κ1) is 33.3. The predicted molar refractivity (Wildman–Crippen MR) is 167 cm³/mol. The summed E-state index contributed by atoms with van der Waals surface area (Å²) in [6.07, 6.45) is 1.99. The van der Waals surface area contributed by atoms with Crippen LogP contribution in [-0.4, -0.2) is 95.6 Å². The quantitative estimate of drug-likeness (QED) is 0.306. The fourth-order valence-corrected chi connectivity index (χ4v) is 7.80. The van der Waals surface area contributed by atoms with Crippen LogP contribution in [0.2, 0.25) is 0 Å². The van der Waals surface area contributed by atoms with Crippen LogP contribution in [0.25, 0.3) is 0 Å². The van der Waals surface area contributed by atoms with E-state index in [4.69, 9.17) is 4.84 Å². The van der Waals surface area contributed by atoms with Gasteiger partial charge >= 0.3 is 0 Å². The topological polar surface area (TPSA) is 88.5 Å². The van der Waals surface area contributed by atoms with Crippen molar-refractivity contribution in [2.75, 3.05) is 40.3 Å². The molecule has 1 aliphatic heterocycles. The summed E-state index contributed by atoms with van der Waals surface area (Å²) in [6.45, 7) is 17.3. The zero-order chi connectivity index (χ0) is 30.8. The lowest BCUT2D eigenvalue weighted by Gasteiger charge is -2.62. The smallest absolute Gasteiger partial charge is 0.240 e. The number of aliphatic hydroxyl groups is 2. The summed E-state index contributed by atoms with van der Waals surface area (Å²) >= 11 is 0. The molecule has 5 rings (SSSR count). The van der Waals surface area contributed by atoms with Crippen LogP contribution >= 0.6 is 0 Å². The highest BCUT2D eigenvalue weighted by molar-refractivity contribution is 5.82. The van der Waals surface area contributed by atoms with Gasteiger partial charge in [0.05, 0.1) is 19.3 Å². The zero-order valence-electron chi connectivity index (χ0n) is 27.4. The number of hydroxylamine groups is 2. The van der Waals surface area contributed by atoms with E-state index in [0.29, 0.717) is 35.6 Å². The van der Waals surface area contributed by atoms with Crippen LogP contribution in [0.1, 0.15) is 71.9 Å². The van der Waals surface area contributed by atoms with E-state index in [1.165, 1.54) is 12.0 Å². The van der Waals surface area contributed by atoms with Crippen LogP contribution in [-0.2, 0) is 22.7 Å². The molecular formula is C34H58N4O4. The molecule has 8 nitrogen and oxygen atoms in total. The number of carbonyl (C=O) groups is 1. The number of nitrogens with zero attached hydrogens (tertiary/aromatic N) is 3. The summed E-state index contributed by atoms with van der Waals surface area (Å²) in [5.74, 6) is 1.71. The summed E-state index contributed by atoms with van der Waals surface area (Å²) in [7, 11) is 4.23. The van der Waals surface area contributed by atoms with Gasteiger partial charge in [-0.2, -0.15) is 5.06 Å². The van der Waals surface area contributed by atoms with Crippen LogP contribution < -0.4 is 5.32 Å². The number of hydrogen-bond acceptors (Lipinski definition) is 7. The molecule has 238 valence electrons. The number of aliphatic hydroxyl groups excluding tert-OH is 2. The lowest BCUT2D eigenvalue weighted by atomic mass is 9.45. The van der Waals surface area contributed by atoms with Crippen LogP contribution in [0.5, 0.6) is 0 Å². The molecule has 8 heteroatoms. The molecule has 1 saturated heterocycles. The fourth-order valence-electron chi connectivity index (χ4n) is 7.80. The number of hydrogen-bond donors (Lipinski definition) is 3. The maximum Gasteiger partial charge on any atom is 0.240 e. The molecule has 1 aromatic rings. The van der Waals surface area contributed by atoms with E-state index in [1.807, 2.05) is 0 Å². The number of carbonyl (C=O) groups excluding carboxylic acids is 1. The van der Waals surface area contributed by atoms with Crippen molar-refractivity contribution >= 4 is 5.91 Å². The van der Waals surface area contributed by atoms with E-state index in [1.54, 1.807) is 12.0 Å². The van der Waals surface area contributed by atoms with Gasteiger partial charge in [0.25, 0.3) is 0 Å². The van der Waals surface area contributed by atoms with Gasteiger partial charge in [-0.3, -0.25) is 14.5 Å². The molecular weight excluding hydrogens is 528 g/mol. The van der Waals surface area contributed by atoms with Crippen LogP contribution in [0.15, 0.2) is 24.3 Å². The molecule has 4 fully saturated rings. The van der Waals surface area contributed by atoms with Gasteiger partial charge < -0.3 is 20.4 Å². The minimum atomic E-state index is -0.795. The average molecular weight is 587 g/mol. The second kappa shape index (κ2) is 14.0. The van der Waals surface area contributed by atoms with Gasteiger partial charge in [-0.05, 0) is 87.0 Å². The van der Waals surface area contributed by atoms with E-state index in [9.17, 15) is 15.0 Å². The van der Waals surface area contributed by atoms with Crippen molar-refractivity contribution in [3.8, 4) is 0 Å². The van der Waals surface area contributed by atoms with Crippen LogP contribution in [0.3, 0.4) is 0 Å². The van der Waals surface area contributed by atoms with E-state index >= 15 is 0 Å². The van der Waals surface area contributed by atoms with Crippen molar-refractivity contribution in [1.82, 2.24) is 20.2 Å². The maximum atomic E-state index is 13.9. The monoisotopic (exact) mass is 586 g/mol. The second-order valence-corrected chi connectivity index (χ2v) is 14.8. The standard InChI is InChI=1S/C34H58N4O4/c1-22(2)12-13-37(15-14-36(7)8)19-25-10-9-11-26(16-25)20-38-32(31(24(4)40)30(21-39)42-38)33(41)35-29-18-27-17-28(23(29)3)34(27,5)6/h9-11,16,22-24,27-32,39-40H,12-15,17-21H2,1-8H3,(H,35,41)/t23-,24-,27-,28+,29-,30-,31+,32-/m0/s1. The van der Waals surface area contributed by atoms with Crippen molar-refractivity contribution in [2.45, 2.75) is 98.2 Å². The Morgan fingerprint density at radius 3 is 2.45 bits per heavy atom. The minimum Gasteiger partial charge on any atom is -0.394 e. The van der Waals surface area contributed by atoms with Crippen molar-refractivity contribution in [3.05, 3.63) is 35.4 Å². The highest BCUT2D eigenvalue weighted by atomic mass is 16.7. The SMILES string of the molecule is CC(C)CCN(CCN(C)C)Cc1cccc(CN2O[C@@H](CO)[C@@H]([C@H](C)O)[C@H]2C(=O)N[C@H]2C[C@@H]3C[C@H]([C@@H]2C)C3(C)C)c1. The Bertz CT molecular complexity index is 1020. The third-order valence-corrected chi connectivity index (χ3v) is 10.7. The molecule has 1 aromatic carbocycles. The van der Waals surface area contributed by atoms with Crippen molar-refractivity contribution in [1.29, 1.82) is 0 Å². The first-order valence-corrected chi connectivity index (χ1v) is 16.3. The summed E-state index contributed by atoms with van der Waals surface area (Å²) in [4.78, 5) is 24.9. The second-order valence-electron chi connectivity index (χ2n) is 14.8. The first-order valence-electron chi connectivity index (χ1n) is 16.3. The maximum absolute atomic E-state index is 13.9. The lowest BCUT2D eigenvalue weighted by Crippen LogP contribution is -2.62. The van der Waals surface area contributed by atoms with Crippen LogP contribution in [0.4, 0.5) is 0 Å². The molecule has 1 amide bonds. The Hall–Kier alpha value is -1.55. The van der Waals surface area contributed by atoms with Gasteiger partial charge in [0.2, 0.25) is 5.91 Å². The van der Waals surface area contributed by atoms with E-state index < -0.39 is 24.2 Å². The number of benzene rings is 1. The molecule has 2 bridgehead atoms. The van der Waals surface area contributed by atoms with Gasteiger partial charge in [0.1, 0.15) is 12.1 Å². The van der Waals surface area contributed by atoms with Gasteiger partial charge in [0.15, 0.2) is 0 Å². The third-order valence-electron chi connectivity index (χ3n) is 10.7. The van der Waals surface area contributed by atoms with Gasteiger partial charge in [-0.1, -0.05) is 58.9 Å². The third kappa shape index (κ3) is 7.56. The Kier molecular flexibility index (Phi) is 11.1. The van der Waals surface area contributed by atoms with E-state index in [0.717, 1.165) is 44.6 Å². The molecule has 1 heterocycles. The van der Waals surface area contributed by atoms with E-state index in [2.05, 4.69) is 88.1 Å². The van der Waals surface area contributed by atoms with Crippen molar-refractivity contribution in [3.63, 3.8) is 0 Å². The summed E-state index contributed by atoms with van der Waals surface area (Å²) in [5.41, 5.74) is 2.63. The molecule has 3 aliphatic carbocycles. The Morgan fingerprint density at radius 2 is 1.86 bits per heavy atom. The Balaban J connectivity index is 1.48. The molecule has 3 N–H and O–H groups in total. The number of nitrogens with one attached hydrogen (secondary N) is 1. The van der Waals surface area contributed by atoms with Crippen molar-refractivity contribution < 1.29 is 19.8 Å². The molecule has 8 atom stereocenters. The minimum absolute atomic E-state index is 0.104. The Morgan fingerprint density at radius 1 is 1.14 bits per heavy atom. The highest BCUT2D eigenvalue weighted by Crippen LogP contribution is 2.61. The number of likely N-dealkylation sites (N-methyl/N-ethyl adjacent to an activating group) is 1. The van der Waals surface area contributed by atoms with E-state index in [-0.39, 0.29) is 18.6 Å². The average Bonchev–Trinajstić information content (AvgIpc) is 3.29. The largest absolute Gasteiger partial charge is 0.394 e. The number of amides is 1. The molecule has 3 saturated carbocycles. The first-order chi connectivity index (χ1) is 19.8. The number of fused-ring (bicyclic) bond motifs is 2. The fraction of sp³-hybridized carbons (Fsp3) is 0.794. The normalized spacial score (nSPS) is 31.5. The summed E-state index contributed by atoms with van der Waals surface area (Å²) in [6, 6.07) is 7.98. The molecule has 42 heavy (non-hydrogen) atoms. The zero-order valence-corrected chi connectivity index (χ0v) is 27.4. The molecule has 4 aliphatic rings. The summed E-state index contributed by atoms with van der Waals surface area (Å²) in [5, 5.41) is 26.0. The van der Waals surface area contributed by atoms with Crippen LogP contribution in [0, 0.1) is 35.0 Å².